The fourth-order valence-electron chi connectivity index (χ4n) is 3.14. The SMILES string of the molecule is COCC(O)Cn1c(=O)cnn(-c2ccc(Cl)c(C(=O)NC(O)C3CCC3)c2)c1=O. The van der Waals surface area contributed by atoms with Crippen LogP contribution >= 0.6 is 11.6 Å². The zero-order valence-electron chi connectivity index (χ0n) is 16.3. The molecule has 0 radical (unpaired) electrons. The maximum atomic E-state index is 12.7. The van der Waals surface area contributed by atoms with Crippen LogP contribution in [0, 0.1) is 5.92 Å². The van der Waals surface area contributed by atoms with Gasteiger partial charge in [-0.2, -0.15) is 9.78 Å². The average Bonchev–Trinajstić information content (AvgIpc) is 2.64. The molecule has 0 bridgehead atoms. The number of benzene rings is 1. The molecule has 1 aliphatic carbocycles. The van der Waals surface area contributed by atoms with Crippen molar-refractivity contribution in [2.75, 3.05) is 13.7 Å². The molecule has 2 atom stereocenters. The summed E-state index contributed by atoms with van der Waals surface area (Å²) in [7, 11) is 1.39. The van der Waals surface area contributed by atoms with Gasteiger partial charge in [0.05, 0.1) is 35.5 Å². The van der Waals surface area contributed by atoms with E-state index in [2.05, 4.69) is 10.4 Å². The number of aliphatic hydroxyl groups excluding tert-OH is 2. The first kappa shape index (κ1) is 22.2. The summed E-state index contributed by atoms with van der Waals surface area (Å²) >= 11 is 6.14. The fraction of sp³-hybridized carbons (Fsp3) is 0.474. The van der Waals surface area contributed by atoms with Crippen LogP contribution in [0.5, 0.6) is 0 Å². The predicted octanol–water partition coefficient (Wildman–Crippen LogP) is -0.0968. The van der Waals surface area contributed by atoms with E-state index < -0.39 is 29.5 Å². The molecule has 162 valence electrons. The number of rotatable bonds is 8. The van der Waals surface area contributed by atoms with Crippen molar-refractivity contribution in [3.63, 3.8) is 0 Å². The number of halogens is 1. The average molecular weight is 439 g/mol. The van der Waals surface area contributed by atoms with E-state index in [0.29, 0.717) is 0 Å². The molecule has 10 nitrogen and oxygen atoms in total. The number of aromatic nitrogens is 3. The van der Waals surface area contributed by atoms with E-state index in [0.717, 1.165) is 34.7 Å². The molecule has 1 amide bonds. The molecule has 3 N–H and O–H groups in total. The van der Waals surface area contributed by atoms with Crippen LogP contribution in [-0.4, -0.2) is 56.5 Å². The first-order valence-corrected chi connectivity index (χ1v) is 9.84. The summed E-state index contributed by atoms with van der Waals surface area (Å²) < 4.78 is 6.57. The van der Waals surface area contributed by atoms with Crippen LogP contribution in [0.1, 0.15) is 29.6 Å². The van der Waals surface area contributed by atoms with Gasteiger partial charge in [0.1, 0.15) is 12.4 Å². The minimum Gasteiger partial charge on any atom is -0.389 e. The van der Waals surface area contributed by atoms with Crippen molar-refractivity contribution in [3.8, 4) is 5.69 Å². The number of amides is 1. The van der Waals surface area contributed by atoms with Crippen LogP contribution in [-0.2, 0) is 11.3 Å². The number of hydrogen-bond donors (Lipinski definition) is 3. The third kappa shape index (κ3) is 4.78. The van der Waals surface area contributed by atoms with Crippen molar-refractivity contribution < 1.29 is 19.7 Å². The van der Waals surface area contributed by atoms with Crippen LogP contribution in [0.4, 0.5) is 0 Å². The van der Waals surface area contributed by atoms with E-state index in [1.807, 2.05) is 0 Å². The molecule has 0 aliphatic heterocycles. The van der Waals surface area contributed by atoms with Gasteiger partial charge in [-0.3, -0.25) is 14.2 Å². The zero-order valence-corrected chi connectivity index (χ0v) is 17.1. The highest BCUT2D eigenvalue weighted by Gasteiger charge is 2.27. The van der Waals surface area contributed by atoms with Crippen LogP contribution in [0.2, 0.25) is 5.02 Å². The number of ether oxygens (including phenoxy) is 1. The summed E-state index contributed by atoms with van der Waals surface area (Å²) in [4.78, 5) is 37.3. The van der Waals surface area contributed by atoms with Crippen molar-refractivity contribution in [1.29, 1.82) is 0 Å². The van der Waals surface area contributed by atoms with E-state index in [1.54, 1.807) is 0 Å². The quantitative estimate of drug-likeness (QED) is 0.490. The number of nitrogens with one attached hydrogen (secondary N) is 1. The molecule has 1 aromatic carbocycles. The summed E-state index contributed by atoms with van der Waals surface area (Å²) in [5.74, 6) is -0.569. The van der Waals surface area contributed by atoms with Crippen molar-refractivity contribution in [2.24, 2.45) is 5.92 Å². The monoisotopic (exact) mass is 438 g/mol. The number of methoxy groups -OCH3 is 1. The molecule has 1 aromatic heterocycles. The molecule has 1 aliphatic rings. The van der Waals surface area contributed by atoms with Gasteiger partial charge in [0.2, 0.25) is 0 Å². The number of carbonyl (C=O) groups is 1. The highest BCUT2D eigenvalue weighted by molar-refractivity contribution is 6.33. The van der Waals surface area contributed by atoms with Crippen LogP contribution in [0.25, 0.3) is 5.69 Å². The van der Waals surface area contributed by atoms with Crippen LogP contribution in [0.15, 0.2) is 34.0 Å². The standard InChI is InChI=1S/C19H23ClN4O6/c1-30-10-13(25)9-23-16(26)8-21-24(19(23)29)12-5-6-15(20)14(7-12)18(28)22-17(27)11-3-2-4-11/h5-8,11,13,17,25,27H,2-4,9-10H2,1H3,(H,22,28). The first-order valence-electron chi connectivity index (χ1n) is 9.47. The summed E-state index contributed by atoms with van der Waals surface area (Å²) in [5, 5.41) is 26.5. The van der Waals surface area contributed by atoms with Gasteiger partial charge in [0.25, 0.3) is 11.5 Å². The van der Waals surface area contributed by atoms with E-state index in [9.17, 15) is 24.6 Å². The smallest absolute Gasteiger partial charge is 0.352 e. The third-order valence-electron chi connectivity index (χ3n) is 5.03. The van der Waals surface area contributed by atoms with E-state index in [-0.39, 0.29) is 35.3 Å². The molecule has 2 aromatic rings. The Morgan fingerprint density at radius 1 is 1.37 bits per heavy atom. The van der Waals surface area contributed by atoms with Crippen LogP contribution in [0.3, 0.4) is 0 Å². The number of hydrogen-bond acceptors (Lipinski definition) is 7. The van der Waals surface area contributed by atoms with E-state index in [4.69, 9.17) is 16.3 Å². The van der Waals surface area contributed by atoms with Crippen LogP contribution < -0.4 is 16.6 Å². The lowest BCUT2D eigenvalue weighted by Gasteiger charge is -2.30. The molecule has 0 saturated heterocycles. The molecular weight excluding hydrogens is 416 g/mol. The fourth-order valence-corrected chi connectivity index (χ4v) is 3.34. The Morgan fingerprint density at radius 2 is 2.10 bits per heavy atom. The van der Waals surface area contributed by atoms with Gasteiger partial charge in [-0.05, 0) is 31.0 Å². The minimum atomic E-state index is -1.06. The highest BCUT2D eigenvalue weighted by atomic mass is 35.5. The lowest BCUT2D eigenvalue weighted by atomic mass is 9.84. The summed E-state index contributed by atoms with van der Waals surface area (Å²) in [6.07, 6.45) is 1.59. The number of aliphatic hydroxyl groups is 2. The normalized spacial score (nSPS) is 16.0. The van der Waals surface area contributed by atoms with Crippen molar-refractivity contribution >= 4 is 17.5 Å². The Bertz CT molecular complexity index is 1030. The topological polar surface area (TPSA) is 136 Å². The summed E-state index contributed by atoms with van der Waals surface area (Å²) in [5.41, 5.74) is -1.22. The second-order valence-corrected chi connectivity index (χ2v) is 7.58. The number of carbonyl (C=O) groups excluding carboxylic acids is 1. The zero-order chi connectivity index (χ0) is 21.8. The minimum absolute atomic E-state index is 0.0160. The van der Waals surface area contributed by atoms with E-state index >= 15 is 0 Å². The van der Waals surface area contributed by atoms with Crippen molar-refractivity contribution in [2.45, 2.75) is 38.1 Å². The molecule has 1 fully saturated rings. The predicted molar refractivity (Wildman–Crippen MR) is 108 cm³/mol. The molecular formula is C19H23ClN4O6. The first-order chi connectivity index (χ1) is 14.3. The van der Waals surface area contributed by atoms with Gasteiger partial charge < -0.3 is 20.3 Å². The molecule has 0 spiro atoms. The Morgan fingerprint density at radius 3 is 2.73 bits per heavy atom. The van der Waals surface area contributed by atoms with Crippen molar-refractivity contribution in [3.05, 3.63) is 55.8 Å². The second kappa shape index (κ2) is 9.52. The van der Waals surface area contributed by atoms with Gasteiger partial charge in [0, 0.05) is 13.0 Å². The molecule has 30 heavy (non-hydrogen) atoms. The molecule has 11 heteroatoms. The summed E-state index contributed by atoms with van der Waals surface area (Å²) in [6, 6.07) is 4.24. The molecule has 3 rings (SSSR count). The highest BCUT2D eigenvalue weighted by Crippen LogP contribution is 2.29. The van der Waals surface area contributed by atoms with Gasteiger partial charge >= 0.3 is 5.69 Å². The lowest BCUT2D eigenvalue weighted by molar-refractivity contribution is 0.0319. The molecule has 1 saturated carbocycles. The van der Waals surface area contributed by atoms with E-state index in [1.165, 1.54) is 25.3 Å². The van der Waals surface area contributed by atoms with Crippen molar-refractivity contribution in [1.82, 2.24) is 19.7 Å². The Balaban J connectivity index is 1.91. The Labute approximate surface area is 176 Å². The molecule has 2 unspecified atom stereocenters. The third-order valence-corrected chi connectivity index (χ3v) is 5.36. The lowest BCUT2D eigenvalue weighted by Crippen LogP contribution is -2.43. The van der Waals surface area contributed by atoms with Gasteiger partial charge in [-0.25, -0.2) is 4.79 Å². The van der Waals surface area contributed by atoms with Gasteiger partial charge in [-0.1, -0.05) is 18.0 Å². The Kier molecular flexibility index (Phi) is 7.03. The maximum absolute atomic E-state index is 12.7. The van der Waals surface area contributed by atoms with Gasteiger partial charge in [0.15, 0.2) is 0 Å². The summed E-state index contributed by atoms with van der Waals surface area (Å²) in [6.45, 7) is -0.328. The Hall–Kier alpha value is -2.53. The largest absolute Gasteiger partial charge is 0.389 e. The second-order valence-electron chi connectivity index (χ2n) is 7.17. The maximum Gasteiger partial charge on any atom is 0.352 e. The van der Waals surface area contributed by atoms with Gasteiger partial charge in [-0.15, -0.1) is 0 Å². The molecule has 1 heterocycles. The number of nitrogens with zero attached hydrogens (tertiary/aromatic N) is 3.